The lowest BCUT2D eigenvalue weighted by Gasteiger charge is -2.32. The van der Waals surface area contributed by atoms with Crippen LogP contribution in [0.2, 0.25) is 0 Å². The molecule has 0 aliphatic carbocycles. The Balaban J connectivity index is 2.51. The zero-order valence-corrected chi connectivity index (χ0v) is 44.6. The van der Waals surface area contributed by atoms with Crippen molar-refractivity contribution in [2.45, 2.75) is 50.7 Å². The summed E-state index contributed by atoms with van der Waals surface area (Å²) < 4.78 is 7.16. The van der Waals surface area contributed by atoms with Crippen LogP contribution in [0.4, 0.5) is 21.0 Å². The number of aliphatic hydroxyl groups is 6. The van der Waals surface area contributed by atoms with Crippen LogP contribution in [0.1, 0.15) is 59.5 Å². The molecule has 0 radical (unpaired) electrons. The van der Waals surface area contributed by atoms with E-state index in [2.05, 4.69) is 10.6 Å². The number of hydrogen-bond donors (Lipinski definition) is 10. The Hall–Kier alpha value is -0.640. The first-order chi connectivity index (χ1) is 27.3. The van der Waals surface area contributed by atoms with Crippen LogP contribution in [0, 0.1) is 21.4 Å². The summed E-state index contributed by atoms with van der Waals surface area (Å²) in [5.74, 6) is -3.48. The minimum Gasteiger partial charge on any atom is -0.395 e. The summed E-state index contributed by atoms with van der Waals surface area (Å²) in [6.07, 6.45) is -2.89. The molecule has 0 aliphatic rings. The van der Waals surface area contributed by atoms with Gasteiger partial charge in [0.15, 0.2) is 0 Å². The summed E-state index contributed by atoms with van der Waals surface area (Å²) in [6.45, 7) is 1.64. The zero-order chi connectivity index (χ0) is 45.5. The van der Waals surface area contributed by atoms with E-state index in [1.54, 1.807) is 45.2 Å². The molecular weight excluding hydrogens is 1460 g/mol. The van der Waals surface area contributed by atoms with E-state index in [0.29, 0.717) is 16.9 Å². The molecule has 19 nitrogen and oxygen atoms in total. The number of carbonyl (C=O) groups excluding carboxylic acids is 6. The molecule has 59 heavy (non-hydrogen) atoms. The highest BCUT2D eigenvalue weighted by Crippen LogP contribution is 2.43. The molecule has 0 spiro atoms. The summed E-state index contributed by atoms with van der Waals surface area (Å²) in [5, 5.41) is 66.0. The maximum atomic E-state index is 14.1. The molecule has 12 N–H and O–H groups in total. The molecule has 0 aliphatic heterocycles. The molecule has 0 fully saturated rings. The number of carbonyl (C=O) groups is 6. The molecule has 0 bridgehead atoms. The molecular formula is C34H42I6N6O13. The molecule has 0 aromatic heterocycles. The van der Waals surface area contributed by atoms with Crippen LogP contribution >= 0.6 is 136 Å². The smallest absolute Gasteiger partial charge is 0.321 e. The van der Waals surface area contributed by atoms with Gasteiger partial charge in [0.1, 0.15) is 12.2 Å². The normalized spacial score (nSPS) is 12.7. The van der Waals surface area contributed by atoms with E-state index in [1.165, 1.54) is 27.7 Å². The topological polar surface area (TPSA) is 316 Å². The lowest BCUT2D eigenvalue weighted by Crippen LogP contribution is -2.45. The highest BCUT2D eigenvalue weighted by atomic mass is 127. The molecule has 2 aromatic rings. The van der Waals surface area contributed by atoms with Gasteiger partial charge in [-0.1, -0.05) is 13.8 Å². The number of benzene rings is 2. The first kappa shape index (κ1) is 54.5. The van der Waals surface area contributed by atoms with Crippen LogP contribution in [0.25, 0.3) is 0 Å². The van der Waals surface area contributed by atoms with Gasteiger partial charge in [-0.15, -0.1) is 0 Å². The molecule has 2 aromatic carbocycles. The number of nitrogens with two attached hydrogens (primary N) is 2. The van der Waals surface area contributed by atoms with Gasteiger partial charge in [-0.05, 0) is 161 Å². The molecule has 0 heterocycles. The van der Waals surface area contributed by atoms with Crippen molar-refractivity contribution in [1.82, 2.24) is 9.80 Å². The van der Waals surface area contributed by atoms with Gasteiger partial charge in [0.2, 0.25) is 0 Å². The largest absolute Gasteiger partial charge is 0.395 e. The van der Waals surface area contributed by atoms with Crippen molar-refractivity contribution in [3.8, 4) is 0 Å². The molecule has 2 unspecified atom stereocenters. The first-order valence-electron chi connectivity index (χ1n) is 17.0. The quantitative estimate of drug-likeness (QED) is 0.0758. The molecule has 25 heteroatoms. The number of nitrogens with one attached hydrogen (secondary N) is 2. The van der Waals surface area contributed by atoms with Crippen LogP contribution < -0.4 is 22.1 Å². The molecule has 2 rings (SSSR count). The van der Waals surface area contributed by atoms with Crippen molar-refractivity contribution in [3.05, 3.63) is 43.7 Å². The van der Waals surface area contributed by atoms with Crippen molar-refractivity contribution in [2.75, 3.05) is 63.4 Å². The van der Waals surface area contributed by atoms with E-state index in [-0.39, 0.29) is 61.1 Å². The second kappa shape index (κ2) is 23.3. The average Bonchev–Trinajstić information content (AvgIpc) is 3.16. The van der Waals surface area contributed by atoms with Gasteiger partial charge in [-0.25, -0.2) is 9.59 Å². The highest BCUT2D eigenvalue weighted by Gasteiger charge is 2.39. The van der Waals surface area contributed by atoms with Crippen molar-refractivity contribution in [2.24, 2.45) is 11.5 Å². The Morgan fingerprint density at radius 2 is 0.881 bits per heavy atom. The van der Waals surface area contributed by atoms with Gasteiger partial charge in [-0.2, -0.15) is 0 Å². The van der Waals surface area contributed by atoms with Gasteiger partial charge in [0, 0.05) is 25.1 Å². The fraction of sp³-hybridized carbons (Fsp3) is 0.471. The average molecular weight is 1500 g/mol. The number of primary amides is 2. The van der Waals surface area contributed by atoms with Gasteiger partial charge in [0.05, 0.1) is 82.4 Å². The van der Waals surface area contributed by atoms with Crippen molar-refractivity contribution >= 4 is 183 Å². The van der Waals surface area contributed by atoms with E-state index in [9.17, 15) is 59.4 Å². The van der Waals surface area contributed by atoms with Crippen LogP contribution in [0.3, 0.4) is 0 Å². The number of rotatable bonds is 18. The van der Waals surface area contributed by atoms with E-state index < -0.39 is 98.2 Å². The molecule has 0 saturated heterocycles. The standard InChI is InChI=1S/C34H42I6N6O13/c1-13(51)27(53)43-25-21(37)15(19(35)17(23(25)39)33(3,9-47)10-48)29(55)45(31(41)57)5-7-59-8-6-46(32(42)58)30(56)16-20(36)18(34(4,11-49)12-50)24(40)26(22(16)38)44-28(54)14(2)52/h13-14,47-52H,5-12H2,1-4H3,(H2,41,57)(H2,42,58)(H,43,53)(H,44,54). The first-order valence-corrected chi connectivity index (χ1v) is 23.4. The van der Waals surface area contributed by atoms with Crippen molar-refractivity contribution in [1.29, 1.82) is 0 Å². The van der Waals surface area contributed by atoms with E-state index >= 15 is 0 Å². The summed E-state index contributed by atoms with van der Waals surface area (Å²) in [7, 11) is 0. The minimum atomic E-state index is -1.44. The number of halogens is 6. The van der Waals surface area contributed by atoms with Crippen LogP contribution in [0.5, 0.6) is 0 Å². The minimum absolute atomic E-state index is 0.0836. The second-order valence-corrected chi connectivity index (χ2v) is 19.9. The number of ether oxygens (including phenoxy) is 1. The third-order valence-electron chi connectivity index (χ3n) is 8.86. The molecule has 8 amide bonds. The third-order valence-corrected chi connectivity index (χ3v) is 15.3. The van der Waals surface area contributed by atoms with Crippen LogP contribution in [-0.4, -0.2) is 141 Å². The van der Waals surface area contributed by atoms with Gasteiger partial charge >= 0.3 is 12.1 Å². The third kappa shape index (κ3) is 12.3. The maximum absolute atomic E-state index is 14.1. The fourth-order valence-corrected chi connectivity index (χ4v) is 15.6. The van der Waals surface area contributed by atoms with Gasteiger partial charge in [0.25, 0.3) is 23.6 Å². The number of amides is 8. The Bertz CT molecular complexity index is 1840. The summed E-state index contributed by atoms with van der Waals surface area (Å²) in [6, 6.07) is -2.37. The number of urea groups is 2. The lowest BCUT2D eigenvalue weighted by molar-refractivity contribution is -0.123. The van der Waals surface area contributed by atoms with Gasteiger partial charge < -0.3 is 57.5 Å². The van der Waals surface area contributed by atoms with E-state index in [4.69, 9.17) is 16.2 Å². The summed E-state index contributed by atoms with van der Waals surface area (Å²) in [5.41, 5.74) is 9.13. The molecule has 2 atom stereocenters. The van der Waals surface area contributed by atoms with Crippen molar-refractivity contribution in [3.63, 3.8) is 0 Å². The number of anilines is 2. The van der Waals surface area contributed by atoms with Crippen LogP contribution in [0.15, 0.2) is 0 Å². The monoisotopic (exact) mass is 1500 g/mol. The Labute approximate surface area is 420 Å². The number of imide groups is 2. The Morgan fingerprint density at radius 3 is 1.12 bits per heavy atom. The maximum Gasteiger partial charge on any atom is 0.321 e. The summed E-state index contributed by atoms with van der Waals surface area (Å²) in [4.78, 5) is 80.2. The fourth-order valence-electron chi connectivity index (χ4n) is 5.16. The highest BCUT2D eigenvalue weighted by molar-refractivity contribution is 14.1. The van der Waals surface area contributed by atoms with E-state index in [0.717, 1.165) is 0 Å². The van der Waals surface area contributed by atoms with Crippen molar-refractivity contribution < 1.29 is 64.1 Å². The molecule has 0 saturated carbocycles. The Morgan fingerprint density at radius 1 is 0.593 bits per heavy atom. The second-order valence-electron chi connectivity index (χ2n) is 13.4. The number of aliphatic hydroxyl groups excluding tert-OH is 6. The predicted molar refractivity (Wildman–Crippen MR) is 265 cm³/mol. The predicted octanol–water partition coefficient (Wildman–Crippen LogP) is 2.20. The molecule has 328 valence electrons. The summed E-state index contributed by atoms with van der Waals surface area (Å²) >= 11 is 11.0. The Kier molecular flexibility index (Phi) is 21.6. The lowest BCUT2D eigenvalue weighted by atomic mass is 9.83. The zero-order valence-electron chi connectivity index (χ0n) is 31.7. The van der Waals surface area contributed by atoms with E-state index in [1.807, 2.05) is 90.4 Å². The van der Waals surface area contributed by atoms with Gasteiger partial charge in [-0.3, -0.25) is 29.0 Å². The SMILES string of the molecule is CC(O)C(=O)Nc1c(I)c(C(=O)N(CCOCCN(C(N)=O)C(=O)c2c(I)c(NC(=O)C(C)O)c(I)c(C(C)(CO)CO)c2I)C(N)=O)c(I)c(C(C)(CO)CO)c1I. The number of nitrogens with zero attached hydrogens (tertiary/aromatic N) is 2. The van der Waals surface area contributed by atoms with Crippen LogP contribution in [-0.2, 0) is 25.2 Å². The number of hydrogen-bond acceptors (Lipinski definition) is 13.